The SMILES string of the molecule is COc1cc(C#Cc2ccc(C#N)cc2)cc(OC)c1. The van der Waals surface area contributed by atoms with E-state index in [0.717, 1.165) is 11.1 Å². The van der Waals surface area contributed by atoms with E-state index in [2.05, 4.69) is 17.9 Å². The van der Waals surface area contributed by atoms with Gasteiger partial charge in [0.2, 0.25) is 0 Å². The first-order valence-electron chi connectivity index (χ1n) is 6.00. The van der Waals surface area contributed by atoms with Crippen LogP contribution in [0, 0.1) is 23.2 Å². The van der Waals surface area contributed by atoms with E-state index in [1.165, 1.54) is 0 Å². The van der Waals surface area contributed by atoms with Crippen molar-refractivity contribution in [1.82, 2.24) is 0 Å². The maximum atomic E-state index is 8.74. The van der Waals surface area contributed by atoms with Crippen molar-refractivity contribution in [2.24, 2.45) is 0 Å². The van der Waals surface area contributed by atoms with Crippen LogP contribution >= 0.6 is 0 Å². The lowest BCUT2D eigenvalue weighted by Crippen LogP contribution is -1.88. The minimum absolute atomic E-state index is 0.624. The molecule has 0 unspecified atom stereocenters. The van der Waals surface area contributed by atoms with Gasteiger partial charge in [-0.3, -0.25) is 0 Å². The Labute approximate surface area is 118 Å². The molecule has 20 heavy (non-hydrogen) atoms. The van der Waals surface area contributed by atoms with Gasteiger partial charge in [-0.2, -0.15) is 5.26 Å². The van der Waals surface area contributed by atoms with Crippen LogP contribution in [0.4, 0.5) is 0 Å². The van der Waals surface area contributed by atoms with Crippen LogP contribution in [-0.2, 0) is 0 Å². The quantitative estimate of drug-likeness (QED) is 0.782. The molecule has 0 spiro atoms. The molecule has 2 aromatic rings. The predicted octanol–water partition coefficient (Wildman–Crippen LogP) is 2.98. The highest BCUT2D eigenvalue weighted by Crippen LogP contribution is 2.21. The monoisotopic (exact) mass is 263 g/mol. The lowest BCUT2D eigenvalue weighted by Gasteiger charge is -2.04. The number of nitriles is 1. The molecule has 0 radical (unpaired) electrons. The highest BCUT2D eigenvalue weighted by atomic mass is 16.5. The van der Waals surface area contributed by atoms with Gasteiger partial charge in [-0.25, -0.2) is 0 Å². The Hall–Kier alpha value is -2.91. The Morgan fingerprint density at radius 2 is 1.25 bits per heavy atom. The Balaban J connectivity index is 2.29. The number of hydrogen-bond donors (Lipinski definition) is 0. The summed E-state index contributed by atoms with van der Waals surface area (Å²) in [5, 5.41) is 8.74. The van der Waals surface area contributed by atoms with E-state index in [-0.39, 0.29) is 0 Å². The summed E-state index contributed by atoms with van der Waals surface area (Å²) >= 11 is 0. The molecule has 0 atom stereocenters. The zero-order chi connectivity index (χ0) is 14.4. The standard InChI is InChI=1S/C17H13NO2/c1-19-16-9-15(10-17(11-16)20-2)8-5-13-3-6-14(12-18)7-4-13/h3-4,6-7,9-11H,1-2H3. The van der Waals surface area contributed by atoms with Crippen molar-refractivity contribution in [3.05, 3.63) is 59.2 Å². The second-order valence-corrected chi connectivity index (χ2v) is 4.04. The van der Waals surface area contributed by atoms with Gasteiger partial charge in [-0.05, 0) is 36.4 Å². The minimum Gasteiger partial charge on any atom is -0.497 e. The van der Waals surface area contributed by atoms with Gasteiger partial charge in [0.1, 0.15) is 11.5 Å². The zero-order valence-electron chi connectivity index (χ0n) is 11.3. The van der Waals surface area contributed by atoms with E-state index in [4.69, 9.17) is 14.7 Å². The van der Waals surface area contributed by atoms with E-state index in [9.17, 15) is 0 Å². The molecule has 0 aromatic heterocycles. The first kappa shape index (κ1) is 13.5. The van der Waals surface area contributed by atoms with Crippen LogP contribution in [0.5, 0.6) is 11.5 Å². The van der Waals surface area contributed by atoms with Crippen LogP contribution in [0.15, 0.2) is 42.5 Å². The van der Waals surface area contributed by atoms with E-state index >= 15 is 0 Å². The van der Waals surface area contributed by atoms with Crippen molar-refractivity contribution < 1.29 is 9.47 Å². The molecule has 3 nitrogen and oxygen atoms in total. The molecule has 0 aliphatic rings. The van der Waals surface area contributed by atoms with Crippen molar-refractivity contribution in [2.45, 2.75) is 0 Å². The fraction of sp³-hybridized carbons (Fsp3) is 0.118. The highest BCUT2D eigenvalue weighted by Gasteiger charge is 1.99. The predicted molar refractivity (Wildman–Crippen MR) is 76.7 cm³/mol. The number of hydrogen-bond acceptors (Lipinski definition) is 3. The van der Waals surface area contributed by atoms with Gasteiger partial charge in [0.25, 0.3) is 0 Å². The third kappa shape index (κ3) is 3.31. The summed E-state index contributed by atoms with van der Waals surface area (Å²) in [5.74, 6) is 7.50. The first-order chi connectivity index (χ1) is 9.75. The molecule has 3 heteroatoms. The smallest absolute Gasteiger partial charge is 0.123 e. The zero-order valence-corrected chi connectivity index (χ0v) is 11.3. The third-order valence-corrected chi connectivity index (χ3v) is 2.72. The number of nitrogens with zero attached hydrogens (tertiary/aromatic N) is 1. The summed E-state index contributed by atoms with van der Waals surface area (Å²) in [6.45, 7) is 0. The second kappa shape index (κ2) is 6.31. The van der Waals surface area contributed by atoms with Crippen molar-refractivity contribution in [1.29, 1.82) is 5.26 Å². The van der Waals surface area contributed by atoms with E-state index in [1.807, 2.05) is 24.3 Å². The van der Waals surface area contributed by atoms with Crippen LogP contribution in [0.3, 0.4) is 0 Å². The van der Waals surface area contributed by atoms with Gasteiger partial charge in [0.05, 0.1) is 25.9 Å². The molecular weight excluding hydrogens is 250 g/mol. The number of benzene rings is 2. The van der Waals surface area contributed by atoms with Crippen LogP contribution in [0.25, 0.3) is 0 Å². The molecule has 0 aliphatic carbocycles. The van der Waals surface area contributed by atoms with Gasteiger partial charge >= 0.3 is 0 Å². The van der Waals surface area contributed by atoms with Gasteiger partial charge < -0.3 is 9.47 Å². The molecule has 0 aliphatic heterocycles. The van der Waals surface area contributed by atoms with Gasteiger partial charge in [-0.1, -0.05) is 11.8 Å². The van der Waals surface area contributed by atoms with E-state index in [1.54, 1.807) is 32.4 Å². The summed E-state index contributed by atoms with van der Waals surface area (Å²) < 4.78 is 10.4. The maximum Gasteiger partial charge on any atom is 0.123 e. The molecule has 2 rings (SSSR count). The summed E-state index contributed by atoms with van der Waals surface area (Å²) in [5.41, 5.74) is 2.29. The molecule has 0 bridgehead atoms. The largest absolute Gasteiger partial charge is 0.497 e. The molecular formula is C17H13NO2. The van der Waals surface area contributed by atoms with Crippen molar-refractivity contribution in [2.75, 3.05) is 14.2 Å². The molecule has 0 N–H and O–H groups in total. The minimum atomic E-state index is 0.624. The molecule has 0 saturated carbocycles. The average Bonchev–Trinajstić information content (AvgIpc) is 2.53. The third-order valence-electron chi connectivity index (χ3n) is 2.72. The lowest BCUT2D eigenvalue weighted by atomic mass is 10.1. The Morgan fingerprint density at radius 3 is 1.75 bits per heavy atom. The topological polar surface area (TPSA) is 42.2 Å². The maximum absolute atomic E-state index is 8.74. The Kier molecular flexibility index (Phi) is 4.27. The molecule has 2 aromatic carbocycles. The summed E-state index contributed by atoms with van der Waals surface area (Å²) in [4.78, 5) is 0. The fourth-order valence-electron chi connectivity index (χ4n) is 1.65. The number of ether oxygens (including phenoxy) is 2. The summed E-state index contributed by atoms with van der Waals surface area (Å²) in [6, 6.07) is 14.7. The van der Waals surface area contributed by atoms with E-state index in [0.29, 0.717) is 17.1 Å². The Morgan fingerprint density at radius 1 is 0.750 bits per heavy atom. The molecule has 0 fully saturated rings. The molecule has 98 valence electrons. The lowest BCUT2D eigenvalue weighted by molar-refractivity contribution is 0.394. The number of rotatable bonds is 2. The molecule has 0 amide bonds. The second-order valence-electron chi connectivity index (χ2n) is 4.04. The summed E-state index contributed by atoms with van der Waals surface area (Å²) in [7, 11) is 3.21. The van der Waals surface area contributed by atoms with Crippen LogP contribution < -0.4 is 9.47 Å². The highest BCUT2D eigenvalue weighted by molar-refractivity contribution is 5.49. The van der Waals surface area contributed by atoms with Crippen LogP contribution in [0.1, 0.15) is 16.7 Å². The van der Waals surface area contributed by atoms with Gasteiger partial charge in [0.15, 0.2) is 0 Å². The first-order valence-corrected chi connectivity index (χ1v) is 6.00. The van der Waals surface area contributed by atoms with Crippen molar-refractivity contribution in [3.8, 4) is 29.4 Å². The van der Waals surface area contributed by atoms with Crippen LogP contribution in [-0.4, -0.2) is 14.2 Å². The summed E-state index contributed by atoms with van der Waals surface area (Å²) in [6.07, 6.45) is 0. The van der Waals surface area contributed by atoms with E-state index < -0.39 is 0 Å². The number of methoxy groups -OCH3 is 2. The van der Waals surface area contributed by atoms with Gasteiger partial charge in [-0.15, -0.1) is 0 Å². The average molecular weight is 263 g/mol. The molecule has 0 saturated heterocycles. The van der Waals surface area contributed by atoms with Gasteiger partial charge in [0, 0.05) is 17.2 Å². The van der Waals surface area contributed by atoms with Crippen LogP contribution in [0.2, 0.25) is 0 Å². The van der Waals surface area contributed by atoms with Crippen molar-refractivity contribution >= 4 is 0 Å². The molecule has 0 heterocycles. The Bertz CT molecular complexity index is 678. The van der Waals surface area contributed by atoms with Crippen molar-refractivity contribution in [3.63, 3.8) is 0 Å². The normalized spacial score (nSPS) is 9.05. The fourth-order valence-corrected chi connectivity index (χ4v) is 1.65.